The van der Waals surface area contributed by atoms with Gasteiger partial charge in [-0.3, -0.25) is 0 Å². The zero-order chi connectivity index (χ0) is 15.6. The van der Waals surface area contributed by atoms with Crippen LogP contribution in [0.4, 0.5) is 13.2 Å². The smallest absolute Gasteiger partial charge is 0.339 e. The van der Waals surface area contributed by atoms with Gasteiger partial charge >= 0.3 is 5.97 Å². The number of aromatic carboxylic acids is 1. The monoisotopic (exact) mass is 316 g/mol. The molecule has 0 saturated heterocycles. The molecule has 1 aromatic heterocycles. The molecule has 0 atom stereocenters. The number of benzene rings is 1. The number of alkyl halides is 2. The van der Waals surface area contributed by atoms with Gasteiger partial charge in [-0.25, -0.2) is 27.9 Å². The summed E-state index contributed by atoms with van der Waals surface area (Å²) in [5, 5.41) is 8.90. The van der Waals surface area contributed by atoms with Crippen molar-refractivity contribution in [3.05, 3.63) is 57.9 Å². The molecule has 21 heavy (non-hydrogen) atoms. The normalized spacial score (nSPS) is 10.9. The summed E-state index contributed by atoms with van der Waals surface area (Å²) in [5.74, 6) is -2.31. The zero-order valence-electron chi connectivity index (χ0n) is 10.4. The average Bonchev–Trinajstić information content (AvgIpc) is 2.42. The number of aromatic nitrogens is 2. The topological polar surface area (TPSA) is 63.1 Å². The molecule has 0 saturated carbocycles. The summed E-state index contributed by atoms with van der Waals surface area (Å²) in [6, 6.07) is 4.01. The molecule has 110 valence electrons. The van der Waals surface area contributed by atoms with Crippen LogP contribution >= 0.6 is 11.6 Å². The molecule has 0 aliphatic carbocycles. The lowest BCUT2D eigenvalue weighted by atomic mass is 10.1. The van der Waals surface area contributed by atoms with E-state index in [1.54, 1.807) is 0 Å². The minimum atomic E-state index is -3.08. The summed E-state index contributed by atoms with van der Waals surface area (Å²) in [5.41, 5.74) is -1.53. The molecule has 1 N–H and O–H groups in total. The van der Waals surface area contributed by atoms with Crippen LogP contribution in [-0.4, -0.2) is 21.0 Å². The number of nitrogens with zero attached hydrogens (tertiary/aromatic N) is 2. The van der Waals surface area contributed by atoms with E-state index in [0.717, 1.165) is 6.20 Å². The number of rotatable bonds is 4. The van der Waals surface area contributed by atoms with E-state index in [1.807, 2.05) is 0 Å². The van der Waals surface area contributed by atoms with E-state index in [9.17, 15) is 18.0 Å². The lowest BCUT2D eigenvalue weighted by Gasteiger charge is -2.08. The van der Waals surface area contributed by atoms with Crippen molar-refractivity contribution in [3.63, 3.8) is 0 Å². The highest BCUT2D eigenvalue weighted by Gasteiger charge is 2.21. The van der Waals surface area contributed by atoms with E-state index in [-0.39, 0.29) is 22.8 Å². The van der Waals surface area contributed by atoms with Crippen LogP contribution < -0.4 is 0 Å². The minimum absolute atomic E-state index is 0.0578. The summed E-state index contributed by atoms with van der Waals surface area (Å²) in [4.78, 5) is 18.0. The van der Waals surface area contributed by atoms with Crippen molar-refractivity contribution in [2.75, 3.05) is 0 Å². The molecule has 0 radical (unpaired) electrons. The first-order valence-corrected chi connectivity index (χ1v) is 6.08. The Kier molecular flexibility index (Phi) is 4.42. The van der Waals surface area contributed by atoms with Gasteiger partial charge in [0.05, 0.1) is 0 Å². The fourth-order valence-electron chi connectivity index (χ4n) is 1.71. The Bertz CT molecular complexity index is 675. The Balaban J connectivity index is 2.42. The Labute approximate surface area is 122 Å². The highest BCUT2D eigenvalue weighted by Crippen LogP contribution is 2.24. The molecule has 1 aromatic carbocycles. The van der Waals surface area contributed by atoms with Gasteiger partial charge in [0.2, 0.25) is 0 Å². The van der Waals surface area contributed by atoms with Gasteiger partial charge in [-0.15, -0.1) is 0 Å². The third-order valence-corrected chi connectivity index (χ3v) is 3.06. The molecule has 2 rings (SSSR count). The van der Waals surface area contributed by atoms with E-state index in [1.165, 1.54) is 18.2 Å². The molecule has 1 heterocycles. The van der Waals surface area contributed by atoms with Crippen molar-refractivity contribution in [2.45, 2.75) is 12.8 Å². The fourth-order valence-corrected chi connectivity index (χ4v) is 1.94. The molecule has 4 nitrogen and oxygen atoms in total. The predicted octanol–water partition coefficient (Wildman–Crippen LogP) is 3.50. The van der Waals surface area contributed by atoms with E-state index < -0.39 is 29.5 Å². The number of hydrogen-bond donors (Lipinski definition) is 1. The van der Waals surface area contributed by atoms with Gasteiger partial charge in [0.15, 0.2) is 0 Å². The molecule has 0 bridgehead atoms. The lowest BCUT2D eigenvalue weighted by Crippen LogP contribution is -2.10. The first kappa shape index (κ1) is 15.2. The standard InChI is InChI=1S/C13H8ClF3N2O2/c14-8-2-1-3-9(15)6(8)4-10-18-5-7(13(20)21)11(19-10)12(16)17/h1-3,5,12H,4H2,(H,20,21). The predicted molar refractivity (Wildman–Crippen MR) is 68.2 cm³/mol. The molecule has 2 aromatic rings. The van der Waals surface area contributed by atoms with Crippen LogP contribution in [0.2, 0.25) is 5.02 Å². The quantitative estimate of drug-likeness (QED) is 0.937. The van der Waals surface area contributed by atoms with E-state index in [0.29, 0.717) is 0 Å². The van der Waals surface area contributed by atoms with Gasteiger partial charge in [0, 0.05) is 23.2 Å². The SMILES string of the molecule is O=C(O)c1cnc(Cc2c(F)cccc2Cl)nc1C(F)F. The Morgan fingerprint density at radius 3 is 2.67 bits per heavy atom. The number of carboxylic acid groups (broad SMARTS) is 1. The third-order valence-electron chi connectivity index (χ3n) is 2.70. The second kappa shape index (κ2) is 6.09. The summed E-state index contributed by atoms with van der Waals surface area (Å²) in [6.45, 7) is 0. The molecule has 8 heteroatoms. The van der Waals surface area contributed by atoms with Gasteiger partial charge in [-0.2, -0.15) is 0 Å². The summed E-state index contributed by atoms with van der Waals surface area (Å²) < 4.78 is 39.2. The van der Waals surface area contributed by atoms with Gasteiger partial charge in [0.25, 0.3) is 6.43 Å². The summed E-state index contributed by atoms with van der Waals surface area (Å²) in [6.07, 6.45) is -2.51. The molecule has 0 amide bonds. The number of carboxylic acids is 1. The maximum absolute atomic E-state index is 13.6. The average molecular weight is 317 g/mol. The largest absolute Gasteiger partial charge is 0.478 e. The molecule has 0 fully saturated rings. The van der Waals surface area contributed by atoms with Gasteiger partial charge in [-0.1, -0.05) is 17.7 Å². The van der Waals surface area contributed by atoms with Crippen molar-refractivity contribution in [2.24, 2.45) is 0 Å². The molecule has 0 aliphatic rings. The van der Waals surface area contributed by atoms with Crippen molar-refractivity contribution in [1.82, 2.24) is 9.97 Å². The van der Waals surface area contributed by atoms with Crippen LogP contribution in [0.25, 0.3) is 0 Å². The van der Waals surface area contributed by atoms with Crippen molar-refractivity contribution in [3.8, 4) is 0 Å². The first-order valence-electron chi connectivity index (χ1n) is 5.70. The van der Waals surface area contributed by atoms with Crippen molar-refractivity contribution in [1.29, 1.82) is 0 Å². The van der Waals surface area contributed by atoms with Crippen LogP contribution in [0.1, 0.15) is 33.9 Å². The second-order valence-electron chi connectivity index (χ2n) is 4.07. The van der Waals surface area contributed by atoms with E-state index in [2.05, 4.69) is 9.97 Å². The van der Waals surface area contributed by atoms with E-state index >= 15 is 0 Å². The van der Waals surface area contributed by atoms with Crippen LogP contribution in [0.5, 0.6) is 0 Å². The van der Waals surface area contributed by atoms with Crippen molar-refractivity contribution >= 4 is 17.6 Å². The maximum Gasteiger partial charge on any atom is 0.339 e. The van der Waals surface area contributed by atoms with Crippen LogP contribution in [0.3, 0.4) is 0 Å². The number of carbonyl (C=O) groups is 1. The Morgan fingerprint density at radius 2 is 2.10 bits per heavy atom. The minimum Gasteiger partial charge on any atom is -0.478 e. The summed E-state index contributed by atoms with van der Waals surface area (Å²) >= 11 is 5.83. The number of hydrogen-bond acceptors (Lipinski definition) is 3. The van der Waals surface area contributed by atoms with Gasteiger partial charge in [-0.05, 0) is 12.1 Å². The van der Waals surface area contributed by atoms with Crippen LogP contribution in [-0.2, 0) is 6.42 Å². The third kappa shape index (κ3) is 3.30. The molecule has 0 unspecified atom stereocenters. The Morgan fingerprint density at radius 1 is 1.38 bits per heavy atom. The van der Waals surface area contributed by atoms with Crippen LogP contribution in [0.15, 0.2) is 24.4 Å². The van der Waals surface area contributed by atoms with Crippen LogP contribution in [0, 0.1) is 5.82 Å². The molecule has 0 spiro atoms. The van der Waals surface area contributed by atoms with Gasteiger partial charge in [0.1, 0.15) is 22.9 Å². The van der Waals surface area contributed by atoms with E-state index in [4.69, 9.17) is 16.7 Å². The maximum atomic E-state index is 13.6. The highest BCUT2D eigenvalue weighted by molar-refractivity contribution is 6.31. The Hall–Kier alpha value is -2.15. The first-order chi connectivity index (χ1) is 9.90. The summed E-state index contributed by atoms with van der Waals surface area (Å²) in [7, 11) is 0. The highest BCUT2D eigenvalue weighted by atomic mass is 35.5. The lowest BCUT2D eigenvalue weighted by molar-refractivity contribution is 0.0681. The molecular weight excluding hydrogens is 309 g/mol. The fraction of sp³-hybridized carbons (Fsp3) is 0.154. The molecular formula is C13H8ClF3N2O2. The van der Waals surface area contributed by atoms with Gasteiger partial charge < -0.3 is 5.11 Å². The number of halogens is 4. The second-order valence-corrected chi connectivity index (χ2v) is 4.48. The van der Waals surface area contributed by atoms with Crippen molar-refractivity contribution < 1.29 is 23.1 Å². The zero-order valence-corrected chi connectivity index (χ0v) is 11.1. The molecule has 0 aliphatic heterocycles.